The van der Waals surface area contributed by atoms with Crippen molar-refractivity contribution in [2.24, 2.45) is 5.73 Å². The fraction of sp³-hybridized carbons (Fsp3) is 0.400. The monoisotopic (exact) mass is 244 g/mol. The first-order chi connectivity index (χ1) is 8.81. The number of hydrogen-bond acceptors (Lipinski definition) is 2. The molecule has 0 saturated carbocycles. The molecule has 0 bridgehead atoms. The number of hydrogen-bond donors (Lipinski definition) is 1. The fourth-order valence-electron chi connectivity index (χ4n) is 2.59. The van der Waals surface area contributed by atoms with Gasteiger partial charge in [-0.1, -0.05) is 32.0 Å². The Morgan fingerprint density at radius 3 is 2.89 bits per heavy atom. The minimum Gasteiger partial charge on any atom is -0.346 e. The molecule has 1 aliphatic heterocycles. The lowest BCUT2D eigenvalue weighted by molar-refractivity contribution is 0.100. The summed E-state index contributed by atoms with van der Waals surface area (Å²) in [6.45, 7) is 5.09. The Labute approximate surface area is 108 Å². The molecule has 0 aliphatic carbocycles. The number of carbonyl (C=O) groups is 1. The van der Waals surface area contributed by atoms with Gasteiger partial charge in [0.15, 0.2) is 5.78 Å². The molecule has 18 heavy (non-hydrogen) atoms. The summed E-state index contributed by atoms with van der Waals surface area (Å²) in [5, 5.41) is 1.06. The van der Waals surface area contributed by atoms with Crippen molar-refractivity contribution in [1.82, 2.24) is 4.57 Å². The summed E-state index contributed by atoms with van der Waals surface area (Å²) in [6, 6.07) is 6.19. The van der Waals surface area contributed by atoms with Crippen molar-refractivity contribution >= 4 is 16.7 Å². The molecular weight excluding hydrogens is 224 g/mol. The Kier molecular flexibility index (Phi) is 3.82. The van der Waals surface area contributed by atoms with Crippen LogP contribution < -0.4 is 5.73 Å². The molecule has 3 rings (SSSR count). The van der Waals surface area contributed by atoms with Gasteiger partial charge in [0, 0.05) is 23.7 Å². The second kappa shape index (κ2) is 5.36. The van der Waals surface area contributed by atoms with E-state index in [1.807, 2.05) is 32.2 Å². The lowest BCUT2D eigenvalue weighted by Crippen LogP contribution is -2.13. The van der Waals surface area contributed by atoms with Gasteiger partial charge in [0.25, 0.3) is 0 Å². The third-order valence-corrected chi connectivity index (χ3v) is 3.31. The summed E-state index contributed by atoms with van der Waals surface area (Å²) in [7, 11) is 0. The molecule has 1 aromatic carbocycles. The van der Waals surface area contributed by atoms with Crippen LogP contribution in [0.15, 0.2) is 24.4 Å². The Hall–Kier alpha value is -1.61. The van der Waals surface area contributed by atoms with Gasteiger partial charge in [0.2, 0.25) is 0 Å². The highest BCUT2D eigenvalue weighted by Crippen LogP contribution is 2.29. The van der Waals surface area contributed by atoms with E-state index in [0.717, 1.165) is 30.3 Å². The third-order valence-electron chi connectivity index (χ3n) is 3.31. The standard InChI is InChI=1S/C13H14N2O.C2H6/c14-7-12(16)11-8-15-6-2-4-9-3-1-5-10(11)13(9)15;1-2/h1,3,5,8H,2,4,6-7,14H2;1-2H3. The molecule has 3 nitrogen and oxygen atoms in total. The predicted molar refractivity (Wildman–Crippen MR) is 75.0 cm³/mol. The topological polar surface area (TPSA) is 48.0 Å². The van der Waals surface area contributed by atoms with Gasteiger partial charge in [0.1, 0.15) is 0 Å². The largest absolute Gasteiger partial charge is 0.346 e. The molecule has 0 unspecified atom stereocenters. The van der Waals surface area contributed by atoms with E-state index in [1.54, 1.807) is 0 Å². The van der Waals surface area contributed by atoms with Crippen molar-refractivity contribution in [1.29, 1.82) is 0 Å². The number of benzene rings is 1. The van der Waals surface area contributed by atoms with E-state index in [4.69, 9.17) is 5.73 Å². The second-order valence-electron chi connectivity index (χ2n) is 4.28. The molecule has 2 aromatic rings. The summed E-state index contributed by atoms with van der Waals surface area (Å²) in [5.74, 6) is 0.0304. The van der Waals surface area contributed by atoms with Crippen molar-refractivity contribution in [3.05, 3.63) is 35.5 Å². The van der Waals surface area contributed by atoms with Gasteiger partial charge in [-0.2, -0.15) is 0 Å². The summed E-state index contributed by atoms with van der Waals surface area (Å²) < 4.78 is 2.19. The molecule has 1 aliphatic rings. The number of nitrogens with zero attached hydrogens (tertiary/aromatic N) is 1. The number of rotatable bonds is 2. The molecule has 0 spiro atoms. The second-order valence-corrected chi connectivity index (χ2v) is 4.28. The number of para-hydroxylation sites is 1. The Bertz CT molecular complexity index is 569. The SMILES string of the molecule is CC.NCC(=O)c1cn2c3c(cccc13)CCC2. The smallest absolute Gasteiger partial charge is 0.178 e. The zero-order valence-corrected chi connectivity index (χ0v) is 11.1. The summed E-state index contributed by atoms with van der Waals surface area (Å²) >= 11 is 0. The van der Waals surface area contributed by atoms with E-state index in [-0.39, 0.29) is 12.3 Å². The van der Waals surface area contributed by atoms with Crippen molar-refractivity contribution in [2.45, 2.75) is 33.2 Å². The molecule has 0 fully saturated rings. The minimum absolute atomic E-state index is 0.0304. The highest BCUT2D eigenvalue weighted by molar-refractivity contribution is 6.09. The van der Waals surface area contributed by atoms with E-state index >= 15 is 0 Å². The van der Waals surface area contributed by atoms with Gasteiger partial charge in [-0.15, -0.1) is 0 Å². The molecule has 0 atom stereocenters. The highest BCUT2D eigenvalue weighted by atomic mass is 16.1. The van der Waals surface area contributed by atoms with Crippen LogP contribution in [0.4, 0.5) is 0 Å². The highest BCUT2D eigenvalue weighted by Gasteiger charge is 2.18. The summed E-state index contributed by atoms with van der Waals surface area (Å²) in [5.41, 5.74) is 8.79. The van der Waals surface area contributed by atoms with Crippen LogP contribution in [0.1, 0.15) is 36.2 Å². The number of Topliss-reactive ketones (excluding diaryl/α,β-unsaturated/α-hetero) is 1. The van der Waals surface area contributed by atoms with Gasteiger partial charge in [-0.05, 0) is 18.4 Å². The van der Waals surface area contributed by atoms with Crippen LogP contribution in [-0.2, 0) is 13.0 Å². The van der Waals surface area contributed by atoms with E-state index in [1.165, 1.54) is 11.1 Å². The van der Waals surface area contributed by atoms with Gasteiger partial charge in [0.05, 0.1) is 12.1 Å². The van der Waals surface area contributed by atoms with Crippen molar-refractivity contribution < 1.29 is 4.79 Å². The third kappa shape index (κ3) is 1.95. The van der Waals surface area contributed by atoms with Crippen LogP contribution in [0, 0.1) is 0 Å². The Morgan fingerprint density at radius 2 is 2.17 bits per heavy atom. The van der Waals surface area contributed by atoms with Crippen LogP contribution in [0.3, 0.4) is 0 Å². The quantitative estimate of drug-likeness (QED) is 0.826. The van der Waals surface area contributed by atoms with E-state index in [9.17, 15) is 4.79 Å². The van der Waals surface area contributed by atoms with Gasteiger partial charge in [-0.25, -0.2) is 0 Å². The average Bonchev–Trinajstić information content (AvgIpc) is 2.82. The molecule has 0 amide bonds. The molecule has 0 saturated heterocycles. The maximum atomic E-state index is 11.8. The van der Waals surface area contributed by atoms with Crippen LogP contribution in [0.25, 0.3) is 10.9 Å². The van der Waals surface area contributed by atoms with Crippen LogP contribution in [0.5, 0.6) is 0 Å². The first-order valence-electron chi connectivity index (χ1n) is 6.65. The van der Waals surface area contributed by atoms with Crippen LogP contribution >= 0.6 is 0 Å². The van der Waals surface area contributed by atoms with Gasteiger partial charge in [-0.3, -0.25) is 4.79 Å². The molecule has 0 radical (unpaired) electrons. The first kappa shape index (κ1) is 12.8. The van der Waals surface area contributed by atoms with Crippen LogP contribution in [0.2, 0.25) is 0 Å². The maximum absolute atomic E-state index is 11.8. The number of carbonyl (C=O) groups excluding carboxylic acids is 1. The molecule has 2 N–H and O–H groups in total. The number of nitrogens with two attached hydrogens (primary N) is 1. The average molecular weight is 244 g/mol. The summed E-state index contributed by atoms with van der Waals surface area (Å²) in [4.78, 5) is 11.8. The lowest BCUT2D eigenvalue weighted by Gasteiger charge is -2.14. The maximum Gasteiger partial charge on any atom is 0.178 e. The fourth-order valence-corrected chi connectivity index (χ4v) is 2.59. The van der Waals surface area contributed by atoms with Gasteiger partial charge < -0.3 is 10.3 Å². The van der Waals surface area contributed by atoms with Crippen LogP contribution in [-0.4, -0.2) is 16.9 Å². The van der Waals surface area contributed by atoms with Crippen molar-refractivity contribution in [3.63, 3.8) is 0 Å². The van der Waals surface area contributed by atoms with E-state index in [0.29, 0.717) is 0 Å². The molecule has 2 heterocycles. The predicted octanol–water partition coefficient (Wildman–Crippen LogP) is 2.76. The molecule has 1 aromatic heterocycles. The Balaban J connectivity index is 0.000000574. The Morgan fingerprint density at radius 1 is 1.39 bits per heavy atom. The van der Waals surface area contributed by atoms with E-state index < -0.39 is 0 Å². The minimum atomic E-state index is 0.0304. The number of ketones is 1. The molecule has 96 valence electrons. The first-order valence-corrected chi connectivity index (χ1v) is 6.65. The number of aromatic nitrogens is 1. The van der Waals surface area contributed by atoms with Crippen molar-refractivity contribution in [3.8, 4) is 0 Å². The zero-order chi connectivity index (χ0) is 13.1. The lowest BCUT2D eigenvalue weighted by atomic mass is 10.0. The van der Waals surface area contributed by atoms with E-state index in [2.05, 4.69) is 10.6 Å². The normalized spacial score (nSPS) is 13.1. The molecular formula is C15H20N2O. The van der Waals surface area contributed by atoms with Crippen molar-refractivity contribution in [2.75, 3.05) is 6.54 Å². The number of aryl methyl sites for hydroxylation is 2. The molecule has 3 heteroatoms. The summed E-state index contributed by atoms with van der Waals surface area (Å²) in [6.07, 6.45) is 4.22. The zero-order valence-electron chi connectivity index (χ0n) is 11.1. The van der Waals surface area contributed by atoms with Gasteiger partial charge >= 0.3 is 0 Å².